The van der Waals surface area contributed by atoms with Crippen LogP contribution in [0, 0.1) is 18.3 Å². The van der Waals surface area contributed by atoms with Crippen molar-refractivity contribution < 1.29 is 0 Å². The molecule has 3 nitrogen and oxygen atoms in total. The molecule has 0 radical (unpaired) electrons. The second kappa shape index (κ2) is 4.98. The molecule has 1 heterocycles. The summed E-state index contributed by atoms with van der Waals surface area (Å²) in [6.07, 6.45) is 1.80. The normalized spacial score (nSPS) is 11.8. The van der Waals surface area contributed by atoms with Crippen molar-refractivity contribution in [3.05, 3.63) is 45.9 Å². The van der Waals surface area contributed by atoms with Gasteiger partial charge in [-0.2, -0.15) is 5.26 Å². The van der Waals surface area contributed by atoms with E-state index in [0.29, 0.717) is 5.56 Å². The number of aryl methyl sites for hydroxylation is 1. The molecule has 1 aromatic heterocycles. The van der Waals surface area contributed by atoms with Crippen molar-refractivity contribution in [2.45, 2.75) is 19.9 Å². The summed E-state index contributed by atoms with van der Waals surface area (Å²) in [4.78, 5) is 4.28. The number of hydrogen-bond donors (Lipinski definition) is 1. The molecule has 2 aromatic rings. The van der Waals surface area contributed by atoms with E-state index in [4.69, 9.17) is 5.26 Å². The first-order valence-corrected chi connectivity index (χ1v) is 6.25. The van der Waals surface area contributed by atoms with Crippen LogP contribution in [-0.4, -0.2) is 4.98 Å². The van der Waals surface area contributed by atoms with Crippen molar-refractivity contribution in [1.29, 1.82) is 5.26 Å². The number of anilines is 1. The molecule has 1 atom stereocenters. The summed E-state index contributed by atoms with van der Waals surface area (Å²) >= 11 is 1.63. The summed E-state index contributed by atoms with van der Waals surface area (Å²) in [5, 5.41) is 15.3. The van der Waals surface area contributed by atoms with Crippen LogP contribution in [0.15, 0.2) is 29.8 Å². The third-order valence-electron chi connectivity index (χ3n) is 2.56. The summed E-state index contributed by atoms with van der Waals surface area (Å²) in [6, 6.07) is 7.96. The van der Waals surface area contributed by atoms with E-state index in [1.54, 1.807) is 17.5 Å². The third-order valence-corrected chi connectivity index (χ3v) is 3.52. The van der Waals surface area contributed by atoms with Gasteiger partial charge in [-0.1, -0.05) is 6.07 Å². The van der Waals surface area contributed by atoms with Gasteiger partial charge in [0.1, 0.15) is 5.01 Å². The van der Waals surface area contributed by atoms with Crippen LogP contribution in [0.3, 0.4) is 0 Å². The fourth-order valence-corrected chi connectivity index (χ4v) is 2.24. The third kappa shape index (κ3) is 2.63. The van der Waals surface area contributed by atoms with Crippen molar-refractivity contribution in [1.82, 2.24) is 4.98 Å². The molecule has 4 heteroatoms. The summed E-state index contributed by atoms with van der Waals surface area (Å²) in [7, 11) is 0. The summed E-state index contributed by atoms with van der Waals surface area (Å²) < 4.78 is 0. The number of rotatable bonds is 3. The second-order valence-electron chi connectivity index (χ2n) is 3.88. The predicted octanol–water partition coefficient (Wildman–Crippen LogP) is 3.50. The van der Waals surface area contributed by atoms with Crippen LogP contribution in [-0.2, 0) is 0 Å². The average molecular weight is 243 g/mol. The van der Waals surface area contributed by atoms with E-state index >= 15 is 0 Å². The standard InChI is InChI=1S/C13H13N3S/c1-9-3-4-11(8-14)7-12(9)16-10(2)13-15-5-6-17-13/h3-7,10,16H,1-2H3. The molecule has 1 N–H and O–H groups in total. The maximum atomic E-state index is 8.88. The first-order chi connectivity index (χ1) is 8.20. The minimum Gasteiger partial charge on any atom is -0.376 e. The van der Waals surface area contributed by atoms with Crippen LogP contribution in [0.1, 0.15) is 29.1 Å². The van der Waals surface area contributed by atoms with E-state index in [1.165, 1.54) is 0 Å². The molecule has 0 saturated carbocycles. The van der Waals surface area contributed by atoms with E-state index in [9.17, 15) is 0 Å². The lowest BCUT2D eigenvalue weighted by Gasteiger charge is -2.15. The molecule has 2 rings (SSSR count). The lowest BCUT2D eigenvalue weighted by atomic mass is 10.1. The van der Waals surface area contributed by atoms with Crippen LogP contribution in [0.4, 0.5) is 5.69 Å². The molecule has 0 amide bonds. The fourth-order valence-electron chi connectivity index (χ4n) is 1.59. The first-order valence-electron chi connectivity index (χ1n) is 5.37. The average Bonchev–Trinajstić information content (AvgIpc) is 2.85. The summed E-state index contributed by atoms with van der Waals surface area (Å²) in [5.41, 5.74) is 2.79. The van der Waals surface area contributed by atoms with Gasteiger partial charge < -0.3 is 5.32 Å². The minimum absolute atomic E-state index is 0.155. The predicted molar refractivity (Wildman–Crippen MR) is 70.0 cm³/mol. The lowest BCUT2D eigenvalue weighted by molar-refractivity contribution is 0.868. The smallest absolute Gasteiger partial charge is 0.115 e. The van der Waals surface area contributed by atoms with Gasteiger partial charge >= 0.3 is 0 Å². The number of nitrogens with one attached hydrogen (secondary N) is 1. The van der Waals surface area contributed by atoms with E-state index in [1.807, 2.05) is 30.5 Å². The van der Waals surface area contributed by atoms with Gasteiger partial charge in [0.05, 0.1) is 17.7 Å². The van der Waals surface area contributed by atoms with Gasteiger partial charge in [-0.15, -0.1) is 11.3 Å². The number of nitrogens with zero attached hydrogens (tertiary/aromatic N) is 2. The summed E-state index contributed by atoms with van der Waals surface area (Å²) in [5.74, 6) is 0. The Balaban J connectivity index is 2.21. The van der Waals surface area contributed by atoms with E-state index in [-0.39, 0.29) is 6.04 Å². The van der Waals surface area contributed by atoms with Crippen molar-refractivity contribution in [3.63, 3.8) is 0 Å². The molecule has 0 spiro atoms. The van der Waals surface area contributed by atoms with E-state index < -0.39 is 0 Å². The van der Waals surface area contributed by atoms with Crippen LogP contribution in [0.5, 0.6) is 0 Å². The SMILES string of the molecule is Cc1ccc(C#N)cc1NC(C)c1nccs1. The molecular formula is C13H13N3S. The molecular weight excluding hydrogens is 230 g/mol. The van der Waals surface area contributed by atoms with Crippen molar-refractivity contribution in [2.75, 3.05) is 5.32 Å². The van der Waals surface area contributed by atoms with Crippen LogP contribution >= 0.6 is 11.3 Å². The largest absolute Gasteiger partial charge is 0.376 e. The zero-order valence-corrected chi connectivity index (χ0v) is 10.6. The van der Waals surface area contributed by atoms with Crippen molar-refractivity contribution in [2.24, 2.45) is 0 Å². The molecule has 0 bridgehead atoms. The Hall–Kier alpha value is -1.86. The number of aromatic nitrogens is 1. The number of benzene rings is 1. The molecule has 0 aliphatic carbocycles. The molecule has 86 valence electrons. The molecule has 0 aliphatic heterocycles. The van der Waals surface area contributed by atoms with Crippen LogP contribution in [0.25, 0.3) is 0 Å². The van der Waals surface area contributed by atoms with Gasteiger partial charge in [0.25, 0.3) is 0 Å². The maximum Gasteiger partial charge on any atom is 0.115 e. The fraction of sp³-hybridized carbons (Fsp3) is 0.231. The van der Waals surface area contributed by atoms with Gasteiger partial charge in [0.15, 0.2) is 0 Å². The van der Waals surface area contributed by atoms with E-state index in [2.05, 4.69) is 23.3 Å². The monoisotopic (exact) mass is 243 g/mol. The minimum atomic E-state index is 0.155. The highest BCUT2D eigenvalue weighted by atomic mass is 32.1. The van der Waals surface area contributed by atoms with Crippen molar-refractivity contribution >= 4 is 17.0 Å². The Morgan fingerprint density at radius 3 is 2.94 bits per heavy atom. The van der Waals surface area contributed by atoms with Gasteiger partial charge in [-0.3, -0.25) is 0 Å². The Morgan fingerprint density at radius 1 is 1.47 bits per heavy atom. The van der Waals surface area contributed by atoms with Gasteiger partial charge in [0.2, 0.25) is 0 Å². The zero-order valence-electron chi connectivity index (χ0n) is 9.77. The van der Waals surface area contributed by atoms with Gasteiger partial charge in [-0.25, -0.2) is 4.98 Å². The lowest BCUT2D eigenvalue weighted by Crippen LogP contribution is -2.07. The van der Waals surface area contributed by atoms with Gasteiger partial charge in [-0.05, 0) is 31.5 Å². The Kier molecular flexibility index (Phi) is 3.40. The van der Waals surface area contributed by atoms with Crippen LogP contribution in [0.2, 0.25) is 0 Å². The molecule has 0 saturated heterocycles. The highest BCUT2D eigenvalue weighted by molar-refractivity contribution is 7.09. The molecule has 1 unspecified atom stereocenters. The molecule has 17 heavy (non-hydrogen) atoms. The van der Waals surface area contributed by atoms with Crippen molar-refractivity contribution in [3.8, 4) is 6.07 Å². The topological polar surface area (TPSA) is 48.7 Å². The van der Waals surface area contributed by atoms with Crippen LogP contribution < -0.4 is 5.32 Å². The molecule has 0 aliphatic rings. The highest BCUT2D eigenvalue weighted by Crippen LogP contribution is 2.24. The van der Waals surface area contributed by atoms with Gasteiger partial charge in [0, 0.05) is 17.3 Å². The number of thiazole rings is 1. The first kappa shape index (κ1) is 11.6. The maximum absolute atomic E-state index is 8.88. The highest BCUT2D eigenvalue weighted by Gasteiger charge is 2.09. The van der Waals surface area contributed by atoms with E-state index in [0.717, 1.165) is 16.3 Å². The quantitative estimate of drug-likeness (QED) is 0.897. The Labute approximate surface area is 105 Å². The Bertz CT molecular complexity index is 540. The number of nitriles is 1. The molecule has 0 fully saturated rings. The molecule has 1 aromatic carbocycles. The Morgan fingerprint density at radius 2 is 2.29 bits per heavy atom. The zero-order chi connectivity index (χ0) is 12.3. The second-order valence-corrected chi connectivity index (χ2v) is 4.80. The number of hydrogen-bond acceptors (Lipinski definition) is 4. The summed E-state index contributed by atoms with van der Waals surface area (Å²) in [6.45, 7) is 4.09.